The van der Waals surface area contributed by atoms with E-state index in [2.05, 4.69) is 0 Å². The Morgan fingerprint density at radius 2 is 1.00 bits per heavy atom. The zero-order valence-electron chi connectivity index (χ0n) is 1.80. The first-order valence-corrected chi connectivity index (χ1v) is 0. The van der Waals surface area contributed by atoms with Crippen LogP contribution in [0.1, 0.15) is 0 Å². The van der Waals surface area contributed by atoms with Gasteiger partial charge in [0, 0.05) is 0 Å². The van der Waals surface area contributed by atoms with Crippen LogP contribution >= 0.6 is 0 Å². The molecule has 0 aromatic heterocycles. The minimum atomic E-state index is 0. The van der Waals surface area contributed by atoms with Crippen LogP contribution in [0.3, 0.4) is 0 Å². The predicted molar refractivity (Wildman–Crippen MR) is 6.44 cm³/mol. The molecular formula is InOPtZr+7. The van der Waals surface area contributed by atoms with E-state index in [1.807, 2.05) is 0 Å². The minimum Gasteiger partial charge on any atom is -2.00 e. The van der Waals surface area contributed by atoms with Gasteiger partial charge in [0.15, 0.2) is 0 Å². The molecule has 0 aliphatic carbocycles. The van der Waals surface area contributed by atoms with E-state index in [4.69, 9.17) is 0 Å². The van der Waals surface area contributed by atoms with Crippen LogP contribution in [0.25, 0.3) is 0 Å². The van der Waals surface area contributed by atoms with Crippen molar-refractivity contribution in [2.45, 2.75) is 0 Å². The van der Waals surface area contributed by atoms with Gasteiger partial charge in [0.05, 0.1) is 0 Å². The molecule has 0 bridgehead atoms. The maximum atomic E-state index is 0. The fraction of sp³-hybridized carbons (Fsp3) is 0. The van der Waals surface area contributed by atoms with Crippen molar-refractivity contribution in [3.8, 4) is 0 Å². The summed E-state index contributed by atoms with van der Waals surface area (Å²) >= 11 is 0. The summed E-state index contributed by atoms with van der Waals surface area (Å²) in [7, 11) is 0. The summed E-state index contributed by atoms with van der Waals surface area (Å²) in [6, 6.07) is 0. The van der Waals surface area contributed by atoms with E-state index in [9.17, 15) is 0 Å². The molecule has 0 aromatic carbocycles. The molecule has 0 amide bonds. The Kier molecular flexibility index (Phi) is 147. The third-order valence-electron chi connectivity index (χ3n) is 0. The number of hydrogen-bond acceptors (Lipinski definition) is 0. The molecule has 0 heterocycles. The van der Waals surface area contributed by atoms with Crippen LogP contribution in [0.5, 0.6) is 0 Å². The molecule has 1 nitrogen and oxygen atoms in total. The Morgan fingerprint density at radius 3 is 1.00 bits per heavy atom. The molecule has 16 valence electrons. The number of rotatable bonds is 0. The molecule has 0 aliphatic rings. The Labute approximate surface area is 77.4 Å². The zero-order chi connectivity index (χ0) is 0. The van der Waals surface area contributed by atoms with Crippen LogP contribution in [0.4, 0.5) is 0 Å². The fourth-order valence-electron chi connectivity index (χ4n) is 0. The van der Waals surface area contributed by atoms with Gasteiger partial charge in [-0.3, -0.25) is 0 Å². The fourth-order valence-corrected chi connectivity index (χ4v) is 0. The van der Waals surface area contributed by atoms with Crippen molar-refractivity contribution in [3.63, 3.8) is 0 Å². The summed E-state index contributed by atoms with van der Waals surface area (Å²) in [5, 5.41) is 0. The van der Waals surface area contributed by atoms with Gasteiger partial charge in [-0.15, -0.1) is 0 Å². The molecule has 4 heavy (non-hydrogen) atoms. The van der Waals surface area contributed by atoms with Crippen molar-refractivity contribution in [2.75, 3.05) is 0 Å². The quantitative estimate of drug-likeness (QED) is 0.509. The maximum Gasteiger partial charge on any atom is 4.00 e. The van der Waals surface area contributed by atoms with Crippen LogP contribution in [-0.2, 0) is 52.7 Å². The van der Waals surface area contributed by atoms with E-state index >= 15 is 0 Å². The van der Waals surface area contributed by atoms with E-state index < -0.39 is 0 Å². The van der Waals surface area contributed by atoms with Gasteiger partial charge in [-0.25, -0.2) is 0 Å². The molecule has 0 aromatic rings. The SMILES string of the molecule is [In+3].[O-2].[Pt+2].[Zr+4]. The van der Waals surface area contributed by atoms with Crippen molar-refractivity contribution >= 4 is 25.8 Å². The second-order valence-electron chi connectivity index (χ2n) is 0. The Hall–Kier alpha value is 2.40. The first-order valence-electron chi connectivity index (χ1n) is 0. The molecule has 0 rings (SSSR count). The Morgan fingerprint density at radius 1 is 1.00 bits per heavy atom. The average molecular weight is 417 g/mol. The minimum absolute atomic E-state index is 0. The summed E-state index contributed by atoms with van der Waals surface area (Å²) in [4.78, 5) is 0. The Bertz CT molecular complexity index is 8.00. The van der Waals surface area contributed by atoms with Gasteiger partial charge >= 0.3 is 73.1 Å². The van der Waals surface area contributed by atoms with Crippen molar-refractivity contribution in [1.29, 1.82) is 0 Å². The van der Waals surface area contributed by atoms with Crippen LogP contribution in [-0.4, -0.2) is 25.8 Å². The van der Waals surface area contributed by atoms with Gasteiger partial charge in [-0.05, 0) is 0 Å². The second kappa shape index (κ2) is 18.1. The first kappa shape index (κ1) is 32.4. The summed E-state index contributed by atoms with van der Waals surface area (Å²) < 4.78 is 0. The summed E-state index contributed by atoms with van der Waals surface area (Å²) in [5.41, 5.74) is 0. The molecule has 0 spiro atoms. The monoisotopic (exact) mass is 416 g/mol. The zero-order valence-corrected chi connectivity index (χ0v) is 9.83. The van der Waals surface area contributed by atoms with E-state index in [1.54, 1.807) is 0 Å². The smallest absolute Gasteiger partial charge is 2.00 e. The van der Waals surface area contributed by atoms with E-state index in [-0.39, 0.29) is 78.6 Å². The molecule has 0 atom stereocenters. The van der Waals surface area contributed by atoms with Gasteiger partial charge in [-0.1, -0.05) is 0 Å². The summed E-state index contributed by atoms with van der Waals surface area (Å²) in [5.74, 6) is 0. The topological polar surface area (TPSA) is 28.5 Å². The molecular weight excluding hydrogens is 417 g/mol. The normalized spacial score (nSPS) is 0. The van der Waals surface area contributed by atoms with Gasteiger partial charge in [0.1, 0.15) is 0 Å². The predicted octanol–water partition coefficient (Wildman–Crippen LogP) is -0.505. The third kappa shape index (κ3) is 8.83. The molecule has 0 radical (unpaired) electrons. The largest absolute Gasteiger partial charge is 4.00 e. The molecule has 0 unspecified atom stereocenters. The van der Waals surface area contributed by atoms with Gasteiger partial charge < -0.3 is 5.48 Å². The average Bonchev–Trinajstić information content (AvgIpc) is 0. The van der Waals surface area contributed by atoms with Gasteiger partial charge in [-0.2, -0.15) is 0 Å². The summed E-state index contributed by atoms with van der Waals surface area (Å²) in [6.45, 7) is 0. The van der Waals surface area contributed by atoms with Crippen LogP contribution in [0.15, 0.2) is 0 Å². The van der Waals surface area contributed by atoms with Crippen molar-refractivity contribution in [3.05, 3.63) is 0 Å². The van der Waals surface area contributed by atoms with Crippen LogP contribution < -0.4 is 0 Å². The molecule has 4 heteroatoms. The molecule has 0 saturated heterocycles. The molecule has 0 aliphatic heterocycles. The third-order valence-corrected chi connectivity index (χ3v) is 0. The summed E-state index contributed by atoms with van der Waals surface area (Å²) in [6.07, 6.45) is 0. The molecule has 0 N–H and O–H groups in total. The first-order chi connectivity index (χ1) is 0. The number of hydrogen-bond donors (Lipinski definition) is 0. The van der Waals surface area contributed by atoms with E-state index in [0.29, 0.717) is 0 Å². The molecule has 0 fully saturated rings. The maximum absolute atomic E-state index is 0. The molecule has 0 saturated carbocycles. The van der Waals surface area contributed by atoms with Crippen molar-refractivity contribution in [2.24, 2.45) is 0 Å². The second-order valence-corrected chi connectivity index (χ2v) is 0. The van der Waals surface area contributed by atoms with Crippen molar-refractivity contribution < 1.29 is 52.7 Å². The van der Waals surface area contributed by atoms with Gasteiger partial charge in [0.2, 0.25) is 0 Å². The van der Waals surface area contributed by atoms with E-state index in [1.165, 1.54) is 0 Å². The Balaban J connectivity index is 0. The standard InChI is InChI=1S/In.O.Pt.Zr/q+3;-2;+2;+4. The van der Waals surface area contributed by atoms with Crippen LogP contribution in [0.2, 0.25) is 0 Å². The van der Waals surface area contributed by atoms with Gasteiger partial charge in [0.25, 0.3) is 0 Å². The van der Waals surface area contributed by atoms with E-state index in [0.717, 1.165) is 0 Å². The van der Waals surface area contributed by atoms with Crippen molar-refractivity contribution in [1.82, 2.24) is 0 Å². The van der Waals surface area contributed by atoms with Crippen LogP contribution in [0, 0.1) is 0 Å².